The number of sulfonamides is 1. The van der Waals surface area contributed by atoms with Crippen LogP contribution in [0.3, 0.4) is 0 Å². The molecule has 152 valence electrons. The quantitative estimate of drug-likeness (QED) is 0.708. The number of hydrogen-bond acceptors (Lipinski definition) is 4. The van der Waals surface area contributed by atoms with E-state index in [0.717, 1.165) is 38.5 Å². The van der Waals surface area contributed by atoms with Crippen LogP contribution < -0.4 is 11.1 Å². The van der Waals surface area contributed by atoms with E-state index in [0.29, 0.717) is 12.1 Å². The van der Waals surface area contributed by atoms with E-state index in [4.69, 9.17) is 5.73 Å². The molecular weight excluding hydrogens is 362 g/mol. The minimum Gasteiger partial charge on any atom is -0.345 e. The van der Waals surface area contributed by atoms with Crippen LogP contribution in [0.4, 0.5) is 0 Å². The second-order valence-corrected chi connectivity index (χ2v) is 9.48. The van der Waals surface area contributed by atoms with E-state index in [-0.39, 0.29) is 16.8 Å². The minimum atomic E-state index is -3.55. The maximum absolute atomic E-state index is 12.9. The van der Waals surface area contributed by atoms with Crippen LogP contribution in [0.1, 0.15) is 69.2 Å². The highest BCUT2D eigenvalue weighted by Gasteiger charge is 2.30. The predicted octanol–water partition coefficient (Wildman–Crippen LogP) is 2.89. The first-order valence-electron chi connectivity index (χ1n) is 9.90. The minimum absolute atomic E-state index is 0.0611. The SMILES string of the molecule is CCC(CC)(CN)NC(=O)c1ccc(S(=O)(=O)N(C)C2CCCCC2)cc1. The maximum atomic E-state index is 12.9. The van der Waals surface area contributed by atoms with Gasteiger partial charge < -0.3 is 11.1 Å². The first-order valence-corrected chi connectivity index (χ1v) is 11.3. The van der Waals surface area contributed by atoms with Gasteiger partial charge in [0.05, 0.1) is 10.4 Å². The van der Waals surface area contributed by atoms with Crippen LogP contribution in [0.2, 0.25) is 0 Å². The molecule has 1 saturated carbocycles. The Kier molecular flexibility index (Phi) is 7.42. The normalized spacial score (nSPS) is 16.5. The number of benzene rings is 1. The summed E-state index contributed by atoms with van der Waals surface area (Å²) in [5, 5.41) is 3.00. The molecule has 6 nitrogen and oxygen atoms in total. The van der Waals surface area contributed by atoms with Crippen molar-refractivity contribution in [1.29, 1.82) is 0 Å². The van der Waals surface area contributed by atoms with Crippen molar-refractivity contribution in [3.63, 3.8) is 0 Å². The van der Waals surface area contributed by atoms with Crippen LogP contribution in [0.15, 0.2) is 29.2 Å². The van der Waals surface area contributed by atoms with E-state index in [1.807, 2.05) is 13.8 Å². The molecule has 0 aliphatic heterocycles. The average Bonchev–Trinajstić information content (AvgIpc) is 2.72. The van der Waals surface area contributed by atoms with Gasteiger partial charge in [0.1, 0.15) is 0 Å². The van der Waals surface area contributed by atoms with Crippen LogP contribution in [0.25, 0.3) is 0 Å². The van der Waals surface area contributed by atoms with Gasteiger partial charge in [-0.1, -0.05) is 33.1 Å². The zero-order chi connectivity index (χ0) is 20.1. The summed E-state index contributed by atoms with van der Waals surface area (Å²) in [6, 6.07) is 6.25. The van der Waals surface area contributed by atoms with E-state index < -0.39 is 15.6 Å². The lowest BCUT2D eigenvalue weighted by molar-refractivity contribution is 0.0895. The summed E-state index contributed by atoms with van der Waals surface area (Å²) in [6.45, 7) is 4.35. The van der Waals surface area contributed by atoms with Crippen molar-refractivity contribution in [1.82, 2.24) is 9.62 Å². The highest BCUT2D eigenvalue weighted by atomic mass is 32.2. The number of nitrogens with two attached hydrogens (primary N) is 1. The summed E-state index contributed by atoms with van der Waals surface area (Å²) in [5.41, 5.74) is 5.85. The van der Waals surface area contributed by atoms with E-state index in [2.05, 4.69) is 5.32 Å². The summed E-state index contributed by atoms with van der Waals surface area (Å²) < 4.78 is 27.3. The predicted molar refractivity (Wildman–Crippen MR) is 108 cm³/mol. The third-order valence-electron chi connectivity index (χ3n) is 6.01. The van der Waals surface area contributed by atoms with Gasteiger partial charge in [0.15, 0.2) is 0 Å². The fourth-order valence-electron chi connectivity index (χ4n) is 3.66. The van der Waals surface area contributed by atoms with Gasteiger partial charge in [-0.3, -0.25) is 4.79 Å². The van der Waals surface area contributed by atoms with E-state index in [1.165, 1.54) is 22.9 Å². The number of carbonyl (C=O) groups is 1. The third kappa shape index (κ3) is 4.89. The Morgan fingerprint density at radius 2 is 1.70 bits per heavy atom. The molecule has 0 radical (unpaired) electrons. The van der Waals surface area contributed by atoms with Crippen LogP contribution in [0, 0.1) is 0 Å². The maximum Gasteiger partial charge on any atom is 0.251 e. The van der Waals surface area contributed by atoms with Crippen molar-refractivity contribution in [2.45, 2.75) is 75.3 Å². The van der Waals surface area contributed by atoms with Crippen molar-refractivity contribution in [2.24, 2.45) is 5.73 Å². The van der Waals surface area contributed by atoms with Crippen molar-refractivity contribution in [3.05, 3.63) is 29.8 Å². The molecule has 1 aliphatic rings. The second kappa shape index (κ2) is 9.17. The molecule has 7 heteroatoms. The number of nitrogens with zero attached hydrogens (tertiary/aromatic N) is 1. The Morgan fingerprint density at radius 3 is 2.19 bits per heavy atom. The Morgan fingerprint density at radius 1 is 1.15 bits per heavy atom. The number of hydrogen-bond donors (Lipinski definition) is 2. The topological polar surface area (TPSA) is 92.5 Å². The molecule has 1 aromatic carbocycles. The summed E-state index contributed by atoms with van der Waals surface area (Å²) in [4.78, 5) is 12.8. The van der Waals surface area contributed by atoms with Gasteiger partial charge in [0.2, 0.25) is 10.0 Å². The molecule has 0 bridgehead atoms. The van der Waals surface area contributed by atoms with Crippen LogP contribution in [-0.2, 0) is 10.0 Å². The van der Waals surface area contributed by atoms with Crippen molar-refractivity contribution in [3.8, 4) is 0 Å². The highest BCUT2D eigenvalue weighted by molar-refractivity contribution is 7.89. The smallest absolute Gasteiger partial charge is 0.251 e. The summed E-state index contributed by atoms with van der Waals surface area (Å²) in [5.74, 6) is -0.228. The largest absolute Gasteiger partial charge is 0.345 e. The van der Waals surface area contributed by atoms with Crippen molar-refractivity contribution in [2.75, 3.05) is 13.6 Å². The van der Waals surface area contributed by atoms with Crippen molar-refractivity contribution >= 4 is 15.9 Å². The molecule has 1 amide bonds. The van der Waals surface area contributed by atoms with Crippen LogP contribution >= 0.6 is 0 Å². The lowest BCUT2D eigenvalue weighted by atomic mass is 9.92. The molecule has 1 aromatic rings. The van der Waals surface area contributed by atoms with Crippen LogP contribution in [0.5, 0.6) is 0 Å². The molecule has 2 rings (SSSR count). The van der Waals surface area contributed by atoms with E-state index in [1.54, 1.807) is 19.2 Å². The van der Waals surface area contributed by atoms with E-state index >= 15 is 0 Å². The molecule has 3 N–H and O–H groups in total. The standard InChI is InChI=1S/C20H33N3O3S/c1-4-20(5-2,15-21)22-19(24)16-11-13-18(14-12-16)27(25,26)23(3)17-9-7-6-8-10-17/h11-14,17H,4-10,15,21H2,1-3H3,(H,22,24). The summed E-state index contributed by atoms with van der Waals surface area (Å²) in [7, 11) is -1.89. The number of carbonyl (C=O) groups excluding carboxylic acids is 1. The summed E-state index contributed by atoms with van der Waals surface area (Å²) in [6.07, 6.45) is 6.61. The molecule has 1 aliphatic carbocycles. The highest BCUT2D eigenvalue weighted by Crippen LogP contribution is 2.26. The Labute approximate surface area is 163 Å². The van der Waals surface area contributed by atoms with Gasteiger partial charge in [-0.05, 0) is 49.9 Å². The second-order valence-electron chi connectivity index (χ2n) is 7.48. The molecule has 0 atom stereocenters. The van der Waals surface area contributed by atoms with Gasteiger partial charge in [-0.2, -0.15) is 4.31 Å². The van der Waals surface area contributed by atoms with Gasteiger partial charge in [-0.25, -0.2) is 8.42 Å². The third-order valence-corrected chi connectivity index (χ3v) is 7.93. The van der Waals surface area contributed by atoms with Gasteiger partial charge in [-0.15, -0.1) is 0 Å². The van der Waals surface area contributed by atoms with Crippen molar-refractivity contribution < 1.29 is 13.2 Å². The Balaban J connectivity index is 2.14. The average molecular weight is 396 g/mol. The molecular formula is C20H33N3O3S. The monoisotopic (exact) mass is 395 g/mol. The van der Waals surface area contributed by atoms with Crippen LogP contribution in [-0.4, -0.2) is 43.8 Å². The first-order chi connectivity index (χ1) is 12.8. The molecule has 0 aromatic heterocycles. The number of rotatable bonds is 8. The molecule has 1 fully saturated rings. The Hall–Kier alpha value is -1.44. The number of amides is 1. The lowest BCUT2D eigenvalue weighted by Gasteiger charge is -2.31. The molecule has 0 heterocycles. The molecule has 27 heavy (non-hydrogen) atoms. The van der Waals surface area contributed by atoms with Gasteiger partial charge in [0, 0.05) is 25.2 Å². The fraction of sp³-hybridized carbons (Fsp3) is 0.650. The summed E-state index contributed by atoms with van der Waals surface area (Å²) >= 11 is 0. The zero-order valence-corrected chi connectivity index (χ0v) is 17.5. The Bertz CT molecular complexity index is 713. The first kappa shape index (κ1) is 21.9. The van der Waals surface area contributed by atoms with Gasteiger partial charge in [0.25, 0.3) is 5.91 Å². The molecule has 0 spiro atoms. The fourth-order valence-corrected chi connectivity index (χ4v) is 5.08. The molecule has 0 saturated heterocycles. The lowest BCUT2D eigenvalue weighted by Crippen LogP contribution is -2.52. The van der Waals surface area contributed by atoms with Gasteiger partial charge >= 0.3 is 0 Å². The zero-order valence-electron chi connectivity index (χ0n) is 16.7. The van der Waals surface area contributed by atoms with E-state index in [9.17, 15) is 13.2 Å². The molecule has 0 unspecified atom stereocenters. The number of nitrogens with one attached hydrogen (secondary N) is 1.